The van der Waals surface area contributed by atoms with Crippen molar-refractivity contribution in [1.29, 1.82) is 0 Å². The number of aryl methyl sites for hydroxylation is 1. The average molecular weight is 347 g/mol. The topological polar surface area (TPSA) is 112 Å². The van der Waals surface area contributed by atoms with E-state index in [1.807, 2.05) is 14.0 Å². The number of amides is 1. The van der Waals surface area contributed by atoms with E-state index in [4.69, 9.17) is 0 Å². The Labute approximate surface area is 146 Å². The molecule has 0 aromatic carbocycles. The van der Waals surface area contributed by atoms with Crippen LogP contribution in [-0.2, 0) is 11.8 Å². The zero-order valence-corrected chi connectivity index (χ0v) is 15.1. The van der Waals surface area contributed by atoms with Crippen LogP contribution in [0.15, 0.2) is 17.5 Å². The fraction of sp³-hybridized carbons (Fsp3) is 0.533. The number of fused-ring (bicyclic) bond motifs is 1. The Kier molecular flexibility index (Phi) is 6.49. The van der Waals surface area contributed by atoms with E-state index in [-0.39, 0.29) is 12.5 Å². The molecule has 0 radical (unpaired) electrons. The number of anilines is 1. The fourth-order valence-corrected chi connectivity index (χ4v) is 2.09. The summed E-state index contributed by atoms with van der Waals surface area (Å²) in [7, 11) is 5.26. The van der Waals surface area contributed by atoms with Gasteiger partial charge in [-0.05, 0) is 6.92 Å². The third kappa shape index (κ3) is 5.03. The number of hydrogen-bond acceptors (Lipinski definition) is 6. The Balaban J connectivity index is 1.87. The van der Waals surface area contributed by atoms with Crippen molar-refractivity contribution < 1.29 is 4.79 Å². The van der Waals surface area contributed by atoms with Crippen molar-refractivity contribution >= 4 is 28.7 Å². The molecule has 2 heterocycles. The van der Waals surface area contributed by atoms with E-state index in [0.29, 0.717) is 19.0 Å². The van der Waals surface area contributed by atoms with Gasteiger partial charge in [0.15, 0.2) is 11.6 Å². The number of rotatable bonds is 7. The van der Waals surface area contributed by atoms with Gasteiger partial charge in [-0.2, -0.15) is 5.10 Å². The van der Waals surface area contributed by atoms with E-state index >= 15 is 0 Å². The van der Waals surface area contributed by atoms with Crippen LogP contribution in [0.2, 0.25) is 0 Å². The molecule has 10 heteroatoms. The van der Waals surface area contributed by atoms with Gasteiger partial charge in [-0.15, -0.1) is 0 Å². The first-order valence-corrected chi connectivity index (χ1v) is 8.11. The Morgan fingerprint density at radius 3 is 2.80 bits per heavy atom. The van der Waals surface area contributed by atoms with Crippen LogP contribution in [0, 0.1) is 0 Å². The van der Waals surface area contributed by atoms with E-state index < -0.39 is 0 Å². The standard InChI is InChI=1S/C15H25N9O/c1-5-16-15(19-9-12(25)23(2)3)18-7-6-17-13-11-8-22-24(4)14(11)21-10-20-13/h8,10H,5-7,9H2,1-4H3,(H2,16,18,19)(H,17,20,21). The molecule has 1 amide bonds. The maximum Gasteiger partial charge on any atom is 0.243 e. The van der Waals surface area contributed by atoms with Gasteiger partial charge in [0.25, 0.3) is 0 Å². The fourth-order valence-electron chi connectivity index (χ4n) is 2.09. The highest BCUT2D eigenvalue weighted by molar-refractivity contribution is 5.86. The monoisotopic (exact) mass is 347 g/mol. The van der Waals surface area contributed by atoms with Crippen LogP contribution in [0.4, 0.5) is 5.82 Å². The second-order valence-corrected chi connectivity index (χ2v) is 5.56. The lowest BCUT2D eigenvalue weighted by molar-refractivity contribution is -0.127. The molecule has 0 atom stereocenters. The summed E-state index contributed by atoms with van der Waals surface area (Å²) in [6.45, 7) is 4.06. The van der Waals surface area contributed by atoms with Gasteiger partial charge in [-0.1, -0.05) is 0 Å². The van der Waals surface area contributed by atoms with Crippen LogP contribution in [-0.4, -0.2) is 76.8 Å². The van der Waals surface area contributed by atoms with Crippen molar-refractivity contribution in [3.8, 4) is 0 Å². The van der Waals surface area contributed by atoms with Crippen LogP contribution in [0.1, 0.15) is 6.92 Å². The van der Waals surface area contributed by atoms with Crippen molar-refractivity contribution in [2.45, 2.75) is 6.92 Å². The minimum atomic E-state index is -0.0460. The van der Waals surface area contributed by atoms with E-state index in [0.717, 1.165) is 23.4 Å². The van der Waals surface area contributed by atoms with Crippen molar-refractivity contribution in [3.05, 3.63) is 12.5 Å². The van der Waals surface area contributed by atoms with E-state index in [1.54, 1.807) is 25.0 Å². The molecule has 0 bridgehead atoms. The molecule has 0 aliphatic carbocycles. The molecule has 136 valence electrons. The van der Waals surface area contributed by atoms with Gasteiger partial charge in [0.1, 0.15) is 18.7 Å². The number of carbonyl (C=O) groups excluding carboxylic acids is 1. The Morgan fingerprint density at radius 1 is 1.28 bits per heavy atom. The second kappa shape index (κ2) is 8.81. The zero-order chi connectivity index (χ0) is 18.2. The van der Waals surface area contributed by atoms with Crippen LogP contribution in [0.3, 0.4) is 0 Å². The quantitative estimate of drug-likeness (QED) is 0.349. The number of nitrogens with zero attached hydrogens (tertiary/aromatic N) is 6. The number of aromatic nitrogens is 4. The molecule has 0 spiro atoms. The Morgan fingerprint density at radius 2 is 2.08 bits per heavy atom. The summed E-state index contributed by atoms with van der Waals surface area (Å²) in [6.07, 6.45) is 3.25. The lowest BCUT2D eigenvalue weighted by Crippen LogP contribution is -2.40. The molecule has 0 fully saturated rings. The summed E-state index contributed by atoms with van der Waals surface area (Å²) < 4.78 is 1.71. The van der Waals surface area contributed by atoms with Gasteiger partial charge >= 0.3 is 0 Å². The number of likely N-dealkylation sites (N-methyl/N-ethyl adjacent to an activating group) is 1. The first-order valence-electron chi connectivity index (χ1n) is 8.11. The maximum atomic E-state index is 11.6. The normalized spacial score (nSPS) is 11.4. The van der Waals surface area contributed by atoms with Crippen molar-refractivity contribution in [3.63, 3.8) is 0 Å². The van der Waals surface area contributed by atoms with E-state index in [1.165, 1.54) is 11.2 Å². The predicted octanol–water partition coefficient (Wildman–Crippen LogP) is -0.581. The maximum absolute atomic E-state index is 11.6. The van der Waals surface area contributed by atoms with Gasteiger partial charge < -0.3 is 20.9 Å². The van der Waals surface area contributed by atoms with Crippen LogP contribution < -0.4 is 16.0 Å². The number of nitrogens with one attached hydrogen (secondary N) is 3. The zero-order valence-electron chi connectivity index (χ0n) is 15.1. The lowest BCUT2D eigenvalue weighted by Gasteiger charge is -2.13. The Bertz CT molecular complexity index is 738. The molecular weight excluding hydrogens is 322 g/mol. The van der Waals surface area contributed by atoms with Crippen LogP contribution in [0.25, 0.3) is 11.0 Å². The molecule has 2 aromatic heterocycles. The first kappa shape index (κ1) is 18.4. The second-order valence-electron chi connectivity index (χ2n) is 5.56. The SMILES string of the molecule is CCNC(=NCC(=O)N(C)C)NCCNc1ncnc2c1cnn2C. The van der Waals surface area contributed by atoms with Gasteiger partial charge in [0, 0.05) is 40.8 Å². The highest BCUT2D eigenvalue weighted by Gasteiger charge is 2.07. The smallest absolute Gasteiger partial charge is 0.243 e. The van der Waals surface area contributed by atoms with Crippen molar-refractivity contribution in [1.82, 2.24) is 35.3 Å². The third-order valence-corrected chi connectivity index (χ3v) is 3.45. The number of carbonyl (C=O) groups is 1. The minimum absolute atomic E-state index is 0.0460. The average Bonchev–Trinajstić information content (AvgIpc) is 2.98. The molecule has 3 N–H and O–H groups in total. The molecule has 0 aliphatic rings. The van der Waals surface area contributed by atoms with Crippen LogP contribution >= 0.6 is 0 Å². The summed E-state index contributed by atoms with van der Waals surface area (Å²) in [4.78, 5) is 25.9. The van der Waals surface area contributed by atoms with Crippen LogP contribution in [0.5, 0.6) is 0 Å². The molecule has 25 heavy (non-hydrogen) atoms. The molecule has 10 nitrogen and oxygen atoms in total. The molecule has 0 aliphatic heterocycles. The van der Waals surface area contributed by atoms with Gasteiger partial charge in [0.2, 0.25) is 5.91 Å². The van der Waals surface area contributed by atoms with Crippen molar-refractivity contribution in [2.24, 2.45) is 12.0 Å². The molecular formula is C15H25N9O. The van der Waals surface area contributed by atoms with E-state index in [9.17, 15) is 4.79 Å². The third-order valence-electron chi connectivity index (χ3n) is 3.45. The summed E-state index contributed by atoms with van der Waals surface area (Å²) >= 11 is 0. The van der Waals surface area contributed by atoms with E-state index in [2.05, 4.69) is 36.0 Å². The molecule has 0 saturated carbocycles. The largest absolute Gasteiger partial charge is 0.368 e. The number of aliphatic imine (C=N–C) groups is 1. The van der Waals surface area contributed by atoms with Gasteiger partial charge in [-0.25, -0.2) is 15.0 Å². The minimum Gasteiger partial charge on any atom is -0.368 e. The van der Waals surface area contributed by atoms with Gasteiger partial charge in [0.05, 0.1) is 11.6 Å². The summed E-state index contributed by atoms with van der Waals surface area (Å²) in [5.74, 6) is 1.30. The Hall–Kier alpha value is -2.91. The lowest BCUT2D eigenvalue weighted by atomic mass is 10.4. The van der Waals surface area contributed by atoms with Crippen molar-refractivity contribution in [2.75, 3.05) is 45.6 Å². The molecule has 0 unspecified atom stereocenters. The predicted molar refractivity (Wildman–Crippen MR) is 97.5 cm³/mol. The number of hydrogen-bond donors (Lipinski definition) is 3. The molecule has 2 rings (SSSR count). The molecule has 0 saturated heterocycles. The summed E-state index contributed by atoms with van der Waals surface area (Å²) in [6, 6.07) is 0. The molecule has 2 aromatic rings. The first-order chi connectivity index (χ1) is 12.0. The number of guanidine groups is 1. The highest BCUT2D eigenvalue weighted by atomic mass is 16.2. The highest BCUT2D eigenvalue weighted by Crippen LogP contribution is 2.16. The van der Waals surface area contributed by atoms with Gasteiger partial charge in [-0.3, -0.25) is 9.48 Å². The summed E-state index contributed by atoms with van der Waals surface area (Å²) in [5, 5.41) is 14.6. The summed E-state index contributed by atoms with van der Waals surface area (Å²) in [5.41, 5.74) is 0.780.